The van der Waals surface area contributed by atoms with Crippen molar-refractivity contribution in [3.05, 3.63) is 42.4 Å². The van der Waals surface area contributed by atoms with E-state index in [4.69, 9.17) is 4.74 Å². The third-order valence-electron chi connectivity index (χ3n) is 5.00. The van der Waals surface area contributed by atoms with Gasteiger partial charge in [0.15, 0.2) is 0 Å². The van der Waals surface area contributed by atoms with Gasteiger partial charge in [-0.15, -0.1) is 5.69 Å². The van der Waals surface area contributed by atoms with Gasteiger partial charge in [0.05, 0.1) is 5.82 Å². The number of anilines is 3. The van der Waals surface area contributed by atoms with Crippen LogP contribution in [-0.2, 0) is 115 Å². The van der Waals surface area contributed by atoms with E-state index in [1.807, 2.05) is 6.07 Å². The van der Waals surface area contributed by atoms with E-state index in [1.165, 1.54) is 10.3 Å². The first kappa shape index (κ1) is 37.7. The molecule has 2 aromatic heterocycles. The Kier molecular flexibility index (Phi) is 20.2. The second-order valence-electron chi connectivity index (χ2n) is 8.67. The first-order valence-corrected chi connectivity index (χ1v) is 15.2. The second-order valence-corrected chi connectivity index (χ2v) is 15.2. The van der Waals surface area contributed by atoms with Crippen LogP contribution in [0.2, 0.25) is 25.7 Å². The van der Waals surface area contributed by atoms with Crippen LogP contribution >= 0.6 is 0 Å². The standard InChI is InChI=1S/C13H22N3OSi.C8H8N2O2S.4W/c1-18(2,3)10-9-17-11-16-8-7-14-12-5-4-6-15-13(12)16;11-13(12)10-6-2-3-7-8(10)4-1-5-9-7;;;;/h5-6,14H,7-11H2,1-3H3;4-5H,2-3,6H2;;;;/q-1;-2;;;;. The van der Waals surface area contributed by atoms with Gasteiger partial charge in [-0.2, -0.15) is 0 Å². The van der Waals surface area contributed by atoms with E-state index in [1.54, 1.807) is 18.5 Å². The van der Waals surface area contributed by atoms with Crippen LogP contribution in [0.5, 0.6) is 0 Å². The topological polar surface area (TPSA) is 87.7 Å². The molecule has 8 nitrogen and oxygen atoms in total. The summed E-state index contributed by atoms with van der Waals surface area (Å²) < 4.78 is 28.7. The summed E-state index contributed by atoms with van der Waals surface area (Å²) in [6.07, 6.45) is 4.95. The SMILES string of the molecule is C[Si](C)(C)CCOCN1CCNc2c[c-]cnc21.O=[S-](=O)N1CCCc2nc[c-]cc21.[W].[W].[W].[W]. The molecule has 194 valence electrons. The molecule has 0 spiro atoms. The van der Waals surface area contributed by atoms with Crippen molar-refractivity contribution in [2.45, 2.75) is 38.5 Å². The number of aromatic nitrogens is 2. The molecular weight excluding hydrogens is 1170 g/mol. The number of aryl methyl sites for hydroxylation is 1. The van der Waals surface area contributed by atoms with Gasteiger partial charge in [-0.1, -0.05) is 37.7 Å². The van der Waals surface area contributed by atoms with Gasteiger partial charge in [0, 0.05) is 123 Å². The zero-order chi connectivity index (χ0) is 22.3. The van der Waals surface area contributed by atoms with Gasteiger partial charge >= 0.3 is 0 Å². The molecule has 0 unspecified atom stereocenters. The van der Waals surface area contributed by atoms with Crippen LogP contribution in [0, 0.1) is 12.1 Å². The Bertz CT molecular complexity index is 945. The van der Waals surface area contributed by atoms with Crippen LogP contribution < -0.4 is 14.5 Å². The van der Waals surface area contributed by atoms with Crippen LogP contribution in [0.25, 0.3) is 0 Å². The third kappa shape index (κ3) is 12.3. The monoisotopic (exact) mass is 1200 g/mol. The summed E-state index contributed by atoms with van der Waals surface area (Å²) in [6.45, 7) is 11.0. The van der Waals surface area contributed by atoms with E-state index in [9.17, 15) is 8.42 Å². The van der Waals surface area contributed by atoms with E-state index in [0.717, 1.165) is 49.7 Å². The van der Waals surface area contributed by atoms with E-state index in [-0.39, 0.29) is 84.3 Å². The van der Waals surface area contributed by atoms with Crippen molar-refractivity contribution in [3.8, 4) is 0 Å². The van der Waals surface area contributed by atoms with Crippen LogP contribution in [0.4, 0.5) is 17.2 Å². The minimum atomic E-state index is -2.19. The average Bonchev–Trinajstić information content (AvgIpc) is 2.76. The summed E-state index contributed by atoms with van der Waals surface area (Å²) in [7, 11) is -3.18. The number of pyridine rings is 2. The first-order chi connectivity index (χ1) is 14.8. The maximum absolute atomic E-state index is 10.8. The molecule has 0 aliphatic carbocycles. The molecule has 2 aromatic rings. The minimum Gasteiger partial charge on any atom is -0.486 e. The largest absolute Gasteiger partial charge is 0.486 e. The van der Waals surface area contributed by atoms with E-state index < -0.39 is 19.0 Å². The van der Waals surface area contributed by atoms with E-state index >= 15 is 0 Å². The fraction of sp³-hybridized carbons (Fsp3) is 0.524. The molecule has 4 rings (SSSR count). The van der Waals surface area contributed by atoms with Gasteiger partial charge in [0.1, 0.15) is 6.73 Å². The van der Waals surface area contributed by atoms with Crippen molar-refractivity contribution in [3.63, 3.8) is 0 Å². The van der Waals surface area contributed by atoms with Crippen molar-refractivity contribution in [1.82, 2.24) is 9.97 Å². The Labute approximate surface area is 269 Å². The Hall–Kier alpha value is 0.580. The van der Waals surface area contributed by atoms with Gasteiger partial charge in [0.2, 0.25) is 0 Å². The first-order valence-electron chi connectivity index (χ1n) is 10.5. The molecule has 2 aliphatic heterocycles. The molecule has 0 fully saturated rings. The summed E-state index contributed by atoms with van der Waals surface area (Å²) in [5.41, 5.74) is 2.56. The number of ether oxygens (including phenoxy) is 1. The number of hydrogen-bond donors (Lipinski definition) is 1. The smallest absolute Gasteiger partial charge is 0.119 e. The maximum atomic E-state index is 10.8. The van der Waals surface area contributed by atoms with E-state index in [0.29, 0.717) is 19.0 Å². The van der Waals surface area contributed by atoms with Crippen molar-refractivity contribution >= 4 is 36.2 Å². The molecule has 35 heavy (non-hydrogen) atoms. The fourth-order valence-electron chi connectivity index (χ4n) is 3.30. The molecule has 0 aromatic carbocycles. The number of nitrogens with zero attached hydrogens (tertiary/aromatic N) is 4. The zero-order valence-corrected chi connectivity index (χ0v) is 33.6. The fourth-order valence-corrected chi connectivity index (χ4v) is 4.65. The molecule has 0 saturated carbocycles. The van der Waals surface area contributed by atoms with Crippen LogP contribution in [-0.4, -0.2) is 51.0 Å². The van der Waals surface area contributed by atoms with Crippen molar-refractivity contribution < 1.29 is 97.4 Å². The third-order valence-corrected chi connectivity index (χ3v) is 7.45. The van der Waals surface area contributed by atoms with Crippen molar-refractivity contribution in [1.29, 1.82) is 0 Å². The summed E-state index contributed by atoms with van der Waals surface area (Å²) in [5.74, 6) is 0.980. The zero-order valence-electron chi connectivity index (χ0n) is 20.0. The predicted molar refractivity (Wildman–Crippen MR) is 125 cm³/mol. The number of hydrogen-bond acceptors (Lipinski definition) is 8. The summed E-state index contributed by atoms with van der Waals surface area (Å²) in [6, 6.07) is 10.6. The molecule has 0 bridgehead atoms. The van der Waals surface area contributed by atoms with Crippen molar-refractivity contribution in [2.75, 3.05) is 47.5 Å². The molecule has 0 atom stereocenters. The molecule has 2 aliphatic rings. The van der Waals surface area contributed by atoms with Gasteiger partial charge in [-0.3, -0.25) is 9.97 Å². The quantitative estimate of drug-likeness (QED) is 0.206. The molecular formula is C21H30N5O3SSiW4-3. The van der Waals surface area contributed by atoms with Gasteiger partial charge in [-0.05, 0) is 31.1 Å². The van der Waals surface area contributed by atoms with Crippen LogP contribution in [0.1, 0.15) is 12.1 Å². The molecule has 4 heterocycles. The molecule has 0 amide bonds. The van der Waals surface area contributed by atoms with Crippen LogP contribution in [0.15, 0.2) is 24.5 Å². The summed E-state index contributed by atoms with van der Waals surface area (Å²) in [5, 5.41) is 3.32. The molecule has 14 heteroatoms. The molecule has 0 saturated heterocycles. The summed E-state index contributed by atoms with van der Waals surface area (Å²) in [4.78, 5) is 10.6. The second kappa shape index (κ2) is 18.8. The number of nitrogens with one attached hydrogen (secondary N) is 1. The number of fused-ring (bicyclic) bond motifs is 2. The Morgan fingerprint density at radius 3 is 2.43 bits per heavy atom. The molecule has 0 radical (unpaired) electrons. The normalized spacial score (nSPS) is 13.7. The van der Waals surface area contributed by atoms with E-state index in [2.05, 4.69) is 52.0 Å². The Morgan fingerprint density at radius 2 is 1.74 bits per heavy atom. The average molecular weight is 1200 g/mol. The minimum absolute atomic E-state index is 0. The summed E-state index contributed by atoms with van der Waals surface area (Å²) >= 11 is 0. The van der Waals surface area contributed by atoms with Gasteiger partial charge in [0.25, 0.3) is 0 Å². The Morgan fingerprint density at radius 1 is 1.06 bits per heavy atom. The predicted octanol–water partition coefficient (Wildman–Crippen LogP) is 3.27. The van der Waals surface area contributed by atoms with Gasteiger partial charge in [-0.25, -0.2) is 24.3 Å². The maximum Gasteiger partial charge on any atom is 0.119 e. The Balaban J connectivity index is 0. The number of rotatable bonds is 6. The van der Waals surface area contributed by atoms with Crippen molar-refractivity contribution in [2.24, 2.45) is 0 Å². The molecule has 1 N–H and O–H groups in total. The van der Waals surface area contributed by atoms with Crippen LogP contribution in [0.3, 0.4) is 0 Å². The van der Waals surface area contributed by atoms with Gasteiger partial charge < -0.3 is 27.7 Å².